The van der Waals surface area contributed by atoms with Gasteiger partial charge in [-0.15, -0.1) is 0 Å². The van der Waals surface area contributed by atoms with Crippen molar-refractivity contribution < 1.29 is 0 Å². The van der Waals surface area contributed by atoms with Crippen LogP contribution in [0.3, 0.4) is 0 Å². The van der Waals surface area contributed by atoms with E-state index >= 15 is 0 Å². The fourth-order valence-corrected chi connectivity index (χ4v) is 2.40. The van der Waals surface area contributed by atoms with Gasteiger partial charge in [-0.1, -0.05) is 11.6 Å². The summed E-state index contributed by atoms with van der Waals surface area (Å²) < 4.78 is 0.906. The van der Waals surface area contributed by atoms with Gasteiger partial charge in [0, 0.05) is 22.4 Å². The van der Waals surface area contributed by atoms with E-state index in [4.69, 9.17) is 17.3 Å². The molecule has 0 saturated heterocycles. The smallest absolute Gasteiger partial charge is 0.128 e. The highest BCUT2D eigenvalue weighted by Crippen LogP contribution is 2.30. The second kappa shape index (κ2) is 5.65. The molecule has 0 fully saturated rings. The molecule has 2 rings (SSSR count). The molecule has 2 aromatic heterocycles. The van der Waals surface area contributed by atoms with Gasteiger partial charge < -0.3 is 11.1 Å². The zero-order valence-electron chi connectivity index (χ0n) is 9.69. The second-order valence-electron chi connectivity index (χ2n) is 3.72. The lowest BCUT2D eigenvalue weighted by Gasteiger charge is -2.18. The number of pyridine rings is 2. The Kier molecular flexibility index (Phi) is 4.16. The summed E-state index contributed by atoms with van der Waals surface area (Å²) in [6, 6.07) is 5.43. The predicted octanol–water partition coefficient (Wildman–Crippen LogP) is 2.78. The van der Waals surface area contributed by atoms with E-state index in [1.807, 2.05) is 19.2 Å². The summed E-state index contributed by atoms with van der Waals surface area (Å²) in [5.74, 6) is 0.441. The average Bonchev–Trinajstić information content (AvgIpc) is 2.36. The number of aromatic nitrogens is 2. The molecule has 4 nitrogen and oxygen atoms in total. The molecule has 0 amide bonds. The highest BCUT2D eigenvalue weighted by atomic mass is 79.9. The standard InChI is InChI=1S/C12H12BrClN4/c1-16-10(11-9(13)3-2-4-17-11)8-5-7(14)6-18-12(8)15/h2-6,10,16H,1H3,(H2,15,18). The summed E-state index contributed by atoms with van der Waals surface area (Å²) in [4.78, 5) is 8.43. The molecule has 0 aliphatic rings. The van der Waals surface area contributed by atoms with Crippen molar-refractivity contribution in [2.45, 2.75) is 6.04 Å². The first-order chi connectivity index (χ1) is 8.63. The molecule has 0 aromatic carbocycles. The molecular formula is C12H12BrClN4. The maximum Gasteiger partial charge on any atom is 0.128 e. The number of nitrogen functional groups attached to an aromatic ring is 1. The molecule has 0 aliphatic heterocycles. The molecule has 0 spiro atoms. The van der Waals surface area contributed by atoms with Crippen LogP contribution >= 0.6 is 27.5 Å². The quantitative estimate of drug-likeness (QED) is 0.910. The predicted molar refractivity (Wildman–Crippen MR) is 76.5 cm³/mol. The van der Waals surface area contributed by atoms with Crippen molar-refractivity contribution in [2.75, 3.05) is 12.8 Å². The monoisotopic (exact) mass is 326 g/mol. The van der Waals surface area contributed by atoms with E-state index in [-0.39, 0.29) is 6.04 Å². The number of rotatable bonds is 3. The molecule has 0 saturated carbocycles. The molecule has 18 heavy (non-hydrogen) atoms. The number of hydrogen-bond donors (Lipinski definition) is 2. The van der Waals surface area contributed by atoms with Gasteiger partial charge in [0.1, 0.15) is 5.82 Å². The van der Waals surface area contributed by atoms with Crippen LogP contribution in [0.1, 0.15) is 17.3 Å². The number of nitrogens with zero attached hydrogens (tertiary/aromatic N) is 2. The normalized spacial score (nSPS) is 12.4. The fraction of sp³-hybridized carbons (Fsp3) is 0.167. The zero-order chi connectivity index (χ0) is 13.1. The summed E-state index contributed by atoms with van der Waals surface area (Å²) in [6.45, 7) is 0. The summed E-state index contributed by atoms with van der Waals surface area (Å²) in [7, 11) is 1.84. The molecule has 0 bridgehead atoms. The first-order valence-electron chi connectivity index (χ1n) is 5.32. The molecule has 3 N–H and O–H groups in total. The number of anilines is 1. The molecule has 6 heteroatoms. The van der Waals surface area contributed by atoms with Crippen LogP contribution in [0, 0.1) is 0 Å². The number of nitrogens with two attached hydrogens (primary N) is 1. The lowest BCUT2D eigenvalue weighted by atomic mass is 10.0. The zero-order valence-corrected chi connectivity index (χ0v) is 12.0. The van der Waals surface area contributed by atoms with Gasteiger partial charge in [-0.25, -0.2) is 4.98 Å². The molecule has 2 heterocycles. The maximum atomic E-state index is 5.97. The molecule has 94 valence electrons. The van der Waals surface area contributed by atoms with Gasteiger partial charge >= 0.3 is 0 Å². The molecule has 2 aromatic rings. The average molecular weight is 328 g/mol. The molecule has 0 radical (unpaired) electrons. The van der Waals surface area contributed by atoms with Gasteiger partial charge in [0.2, 0.25) is 0 Å². The number of hydrogen-bond acceptors (Lipinski definition) is 4. The van der Waals surface area contributed by atoms with Crippen molar-refractivity contribution in [3.8, 4) is 0 Å². The molecule has 1 unspecified atom stereocenters. The third-order valence-corrected chi connectivity index (χ3v) is 3.45. The molecule has 1 atom stereocenters. The first-order valence-corrected chi connectivity index (χ1v) is 6.49. The van der Waals surface area contributed by atoms with Gasteiger partial charge in [0.05, 0.1) is 16.8 Å². The number of halogens is 2. The van der Waals surface area contributed by atoms with Crippen LogP contribution in [0.15, 0.2) is 35.1 Å². The van der Waals surface area contributed by atoms with Crippen molar-refractivity contribution in [1.82, 2.24) is 15.3 Å². The second-order valence-corrected chi connectivity index (χ2v) is 5.01. The fourth-order valence-electron chi connectivity index (χ4n) is 1.75. The first kappa shape index (κ1) is 13.3. The Bertz CT molecular complexity index is 562. The topological polar surface area (TPSA) is 63.8 Å². The van der Waals surface area contributed by atoms with E-state index in [1.165, 1.54) is 6.20 Å². The largest absolute Gasteiger partial charge is 0.383 e. The Labute approximate surface area is 119 Å². The van der Waals surface area contributed by atoms with E-state index in [1.54, 1.807) is 12.3 Å². The Morgan fingerprint density at radius 1 is 1.44 bits per heavy atom. The SMILES string of the molecule is CNC(c1cc(Cl)cnc1N)c1ncccc1Br. The third kappa shape index (κ3) is 2.63. The summed E-state index contributed by atoms with van der Waals surface area (Å²) in [6.07, 6.45) is 3.26. The molecular weight excluding hydrogens is 316 g/mol. The van der Waals surface area contributed by atoms with Gasteiger partial charge in [-0.05, 0) is 41.2 Å². The van der Waals surface area contributed by atoms with Crippen molar-refractivity contribution in [3.63, 3.8) is 0 Å². The lowest BCUT2D eigenvalue weighted by Crippen LogP contribution is -2.21. The van der Waals surface area contributed by atoms with Crippen LogP contribution in [0.2, 0.25) is 5.02 Å². The van der Waals surface area contributed by atoms with Crippen molar-refractivity contribution in [3.05, 3.63) is 51.3 Å². The minimum atomic E-state index is -0.160. The summed E-state index contributed by atoms with van der Waals surface area (Å²) in [5.41, 5.74) is 7.55. The Morgan fingerprint density at radius 3 is 2.89 bits per heavy atom. The minimum Gasteiger partial charge on any atom is -0.383 e. The Morgan fingerprint density at radius 2 is 2.22 bits per heavy atom. The van der Waals surface area contributed by atoms with Gasteiger partial charge in [0.25, 0.3) is 0 Å². The van der Waals surface area contributed by atoms with E-state index in [0.717, 1.165) is 15.7 Å². The van der Waals surface area contributed by atoms with Crippen molar-refractivity contribution in [1.29, 1.82) is 0 Å². The number of nitrogens with one attached hydrogen (secondary N) is 1. The third-order valence-electron chi connectivity index (χ3n) is 2.58. The van der Waals surface area contributed by atoms with Crippen LogP contribution in [-0.2, 0) is 0 Å². The van der Waals surface area contributed by atoms with Crippen LogP contribution < -0.4 is 11.1 Å². The maximum absolute atomic E-state index is 5.97. The molecule has 0 aliphatic carbocycles. The van der Waals surface area contributed by atoms with Gasteiger partial charge in [-0.3, -0.25) is 4.98 Å². The summed E-state index contributed by atoms with van der Waals surface area (Å²) >= 11 is 9.45. The van der Waals surface area contributed by atoms with Crippen LogP contribution in [0.4, 0.5) is 5.82 Å². The minimum absolute atomic E-state index is 0.160. The Hall–Kier alpha value is -1.17. The van der Waals surface area contributed by atoms with Crippen LogP contribution in [0.5, 0.6) is 0 Å². The van der Waals surface area contributed by atoms with Crippen LogP contribution in [0.25, 0.3) is 0 Å². The lowest BCUT2D eigenvalue weighted by molar-refractivity contribution is 0.667. The van der Waals surface area contributed by atoms with Gasteiger partial charge in [-0.2, -0.15) is 0 Å². The summed E-state index contributed by atoms with van der Waals surface area (Å²) in [5, 5.41) is 3.72. The van der Waals surface area contributed by atoms with E-state index in [0.29, 0.717) is 10.8 Å². The van der Waals surface area contributed by atoms with E-state index in [2.05, 4.69) is 31.2 Å². The highest BCUT2D eigenvalue weighted by molar-refractivity contribution is 9.10. The van der Waals surface area contributed by atoms with E-state index < -0.39 is 0 Å². The highest BCUT2D eigenvalue weighted by Gasteiger charge is 2.19. The van der Waals surface area contributed by atoms with Crippen molar-refractivity contribution >= 4 is 33.3 Å². The van der Waals surface area contributed by atoms with Gasteiger partial charge in [0.15, 0.2) is 0 Å². The van der Waals surface area contributed by atoms with Crippen LogP contribution in [-0.4, -0.2) is 17.0 Å². The van der Waals surface area contributed by atoms with E-state index in [9.17, 15) is 0 Å². The Balaban J connectivity index is 2.52. The van der Waals surface area contributed by atoms with Crippen molar-refractivity contribution in [2.24, 2.45) is 0 Å².